The first-order valence-electron chi connectivity index (χ1n) is 7.07. The molecule has 2 rings (SSSR count). The van der Waals surface area contributed by atoms with Crippen LogP contribution in [0.1, 0.15) is 30.1 Å². The number of nitrogens with one attached hydrogen (secondary N) is 3. The van der Waals surface area contributed by atoms with E-state index in [1.807, 2.05) is 6.92 Å². The molecule has 1 aliphatic carbocycles. The maximum absolute atomic E-state index is 12.0. The molecule has 3 N–H and O–H groups in total. The molecule has 0 saturated heterocycles. The van der Waals surface area contributed by atoms with Crippen LogP contribution in [0.3, 0.4) is 0 Å². The minimum atomic E-state index is -0.237. The van der Waals surface area contributed by atoms with E-state index in [2.05, 4.69) is 20.9 Å². The molecule has 0 aliphatic heterocycles. The van der Waals surface area contributed by atoms with Gasteiger partial charge in [-0.05, 0) is 31.9 Å². The molecule has 6 nitrogen and oxygen atoms in total. The number of pyridine rings is 1. The van der Waals surface area contributed by atoms with Gasteiger partial charge in [-0.1, -0.05) is 11.6 Å². The Hall–Kier alpha value is -1.82. The lowest BCUT2D eigenvalue weighted by Gasteiger charge is -2.09. The van der Waals surface area contributed by atoms with E-state index < -0.39 is 0 Å². The summed E-state index contributed by atoms with van der Waals surface area (Å²) >= 11 is 5.89. The molecular weight excluding hydrogens is 292 g/mol. The highest BCUT2D eigenvalue weighted by atomic mass is 35.5. The molecule has 0 radical (unpaired) electrons. The average molecular weight is 311 g/mol. The van der Waals surface area contributed by atoms with Crippen LogP contribution in [-0.4, -0.2) is 36.4 Å². The van der Waals surface area contributed by atoms with Gasteiger partial charge < -0.3 is 16.0 Å². The predicted octanol–water partition coefficient (Wildman–Crippen LogP) is 1.42. The zero-order valence-corrected chi connectivity index (χ0v) is 12.7. The molecule has 0 unspecified atom stereocenters. The van der Waals surface area contributed by atoms with Crippen molar-refractivity contribution in [3.05, 3.63) is 22.8 Å². The van der Waals surface area contributed by atoms with Crippen molar-refractivity contribution in [2.75, 3.05) is 25.0 Å². The van der Waals surface area contributed by atoms with Gasteiger partial charge in [0.05, 0.1) is 0 Å². The summed E-state index contributed by atoms with van der Waals surface area (Å²) in [6.07, 6.45) is 1.95. The van der Waals surface area contributed by atoms with Crippen LogP contribution in [0.15, 0.2) is 12.1 Å². The summed E-state index contributed by atoms with van der Waals surface area (Å²) in [5, 5.41) is 8.81. The van der Waals surface area contributed by atoms with Gasteiger partial charge in [0.15, 0.2) is 0 Å². The average Bonchev–Trinajstić information content (AvgIpc) is 3.27. The van der Waals surface area contributed by atoms with E-state index in [4.69, 9.17) is 11.6 Å². The third kappa shape index (κ3) is 4.90. The van der Waals surface area contributed by atoms with Crippen LogP contribution in [0.2, 0.25) is 5.15 Å². The summed E-state index contributed by atoms with van der Waals surface area (Å²) in [5.74, 6) is 0.587. The van der Waals surface area contributed by atoms with Crippen molar-refractivity contribution < 1.29 is 9.59 Å². The van der Waals surface area contributed by atoms with E-state index >= 15 is 0 Å². The molecule has 0 spiro atoms. The molecule has 0 atom stereocenters. The topological polar surface area (TPSA) is 83.1 Å². The Morgan fingerprint density at radius 3 is 2.67 bits per heavy atom. The molecule has 1 heterocycles. The fourth-order valence-corrected chi connectivity index (χ4v) is 2.06. The number of hydrogen-bond acceptors (Lipinski definition) is 4. The fourth-order valence-electron chi connectivity index (χ4n) is 1.85. The minimum absolute atomic E-state index is 0.0747. The molecule has 1 saturated carbocycles. The Morgan fingerprint density at radius 2 is 2.00 bits per heavy atom. The van der Waals surface area contributed by atoms with Crippen molar-refractivity contribution in [1.29, 1.82) is 0 Å². The molecule has 1 fully saturated rings. The zero-order valence-electron chi connectivity index (χ0n) is 11.9. The summed E-state index contributed by atoms with van der Waals surface area (Å²) in [5.41, 5.74) is 0.444. The van der Waals surface area contributed by atoms with E-state index in [9.17, 15) is 9.59 Å². The van der Waals surface area contributed by atoms with Gasteiger partial charge in [-0.25, -0.2) is 4.98 Å². The second-order valence-electron chi connectivity index (χ2n) is 4.92. The summed E-state index contributed by atoms with van der Waals surface area (Å²) in [7, 11) is 0. The van der Waals surface area contributed by atoms with Crippen molar-refractivity contribution in [3.8, 4) is 0 Å². The standard InChI is InChI=1S/C14H19ClN4O2/c1-2-16-12-8-10(7-11(15)19-12)14(21)18-6-5-17-13(20)9-3-4-9/h7-9H,2-6H2,1H3,(H,16,19)(H,17,20)(H,18,21). The Balaban J connectivity index is 1.80. The van der Waals surface area contributed by atoms with Gasteiger partial charge in [0.25, 0.3) is 5.91 Å². The number of rotatable bonds is 7. The Bertz CT molecular complexity index is 532. The van der Waals surface area contributed by atoms with Crippen molar-refractivity contribution in [2.24, 2.45) is 5.92 Å². The maximum Gasteiger partial charge on any atom is 0.251 e. The van der Waals surface area contributed by atoms with Gasteiger partial charge in [0.2, 0.25) is 5.91 Å². The van der Waals surface area contributed by atoms with Crippen molar-refractivity contribution >= 4 is 29.2 Å². The summed E-state index contributed by atoms with van der Waals surface area (Å²) < 4.78 is 0. The summed E-state index contributed by atoms with van der Waals surface area (Å²) in [4.78, 5) is 27.5. The van der Waals surface area contributed by atoms with Crippen LogP contribution in [0.4, 0.5) is 5.82 Å². The summed E-state index contributed by atoms with van der Waals surface area (Å²) in [6, 6.07) is 3.16. The van der Waals surface area contributed by atoms with Gasteiger partial charge in [-0.3, -0.25) is 9.59 Å². The van der Waals surface area contributed by atoms with E-state index in [-0.39, 0.29) is 22.9 Å². The molecule has 0 bridgehead atoms. The molecule has 21 heavy (non-hydrogen) atoms. The largest absolute Gasteiger partial charge is 0.370 e. The number of carbonyl (C=O) groups excluding carboxylic acids is 2. The number of hydrogen-bond donors (Lipinski definition) is 3. The van der Waals surface area contributed by atoms with Crippen LogP contribution in [-0.2, 0) is 4.79 Å². The normalized spacial score (nSPS) is 13.6. The number of anilines is 1. The number of nitrogens with zero attached hydrogens (tertiary/aromatic N) is 1. The maximum atomic E-state index is 12.0. The van der Waals surface area contributed by atoms with Gasteiger partial charge in [0, 0.05) is 31.1 Å². The quantitative estimate of drug-likeness (QED) is 0.525. The fraction of sp³-hybridized carbons (Fsp3) is 0.500. The SMILES string of the molecule is CCNc1cc(C(=O)NCCNC(=O)C2CC2)cc(Cl)n1. The van der Waals surface area contributed by atoms with Gasteiger partial charge in [-0.15, -0.1) is 0 Å². The van der Waals surface area contributed by atoms with E-state index in [1.54, 1.807) is 6.07 Å². The lowest BCUT2D eigenvalue weighted by atomic mass is 10.2. The Morgan fingerprint density at radius 1 is 1.29 bits per heavy atom. The van der Waals surface area contributed by atoms with Crippen molar-refractivity contribution in [2.45, 2.75) is 19.8 Å². The molecule has 1 aliphatic rings. The van der Waals surface area contributed by atoms with Crippen molar-refractivity contribution in [1.82, 2.24) is 15.6 Å². The second kappa shape index (κ2) is 7.26. The highest BCUT2D eigenvalue weighted by Gasteiger charge is 2.28. The highest BCUT2D eigenvalue weighted by molar-refractivity contribution is 6.29. The second-order valence-corrected chi connectivity index (χ2v) is 5.30. The number of amides is 2. The molecule has 1 aromatic rings. The van der Waals surface area contributed by atoms with Gasteiger partial charge >= 0.3 is 0 Å². The zero-order chi connectivity index (χ0) is 15.2. The molecule has 1 aromatic heterocycles. The third-order valence-electron chi connectivity index (χ3n) is 3.07. The lowest BCUT2D eigenvalue weighted by molar-refractivity contribution is -0.122. The van der Waals surface area contributed by atoms with Crippen LogP contribution in [0.25, 0.3) is 0 Å². The minimum Gasteiger partial charge on any atom is -0.370 e. The monoisotopic (exact) mass is 310 g/mol. The molecule has 2 amide bonds. The van der Waals surface area contributed by atoms with Crippen LogP contribution < -0.4 is 16.0 Å². The lowest BCUT2D eigenvalue weighted by Crippen LogP contribution is -2.35. The van der Waals surface area contributed by atoms with Crippen LogP contribution in [0, 0.1) is 5.92 Å². The van der Waals surface area contributed by atoms with E-state index in [0.717, 1.165) is 12.8 Å². The predicted molar refractivity (Wildman–Crippen MR) is 81.5 cm³/mol. The number of aromatic nitrogens is 1. The van der Waals surface area contributed by atoms with Gasteiger partial charge in [-0.2, -0.15) is 0 Å². The molecule has 7 heteroatoms. The Labute approximate surface area is 128 Å². The first kappa shape index (κ1) is 15.6. The molecule has 0 aromatic carbocycles. The van der Waals surface area contributed by atoms with Crippen LogP contribution in [0.5, 0.6) is 0 Å². The van der Waals surface area contributed by atoms with Crippen LogP contribution >= 0.6 is 11.6 Å². The van der Waals surface area contributed by atoms with Gasteiger partial charge in [0.1, 0.15) is 11.0 Å². The van der Waals surface area contributed by atoms with E-state index in [0.29, 0.717) is 31.0 Å². The Kier molecular flexibility index (Phi) is 5.38. The first-order chi connectivity index (χ1) is 10.1. The smallest absolute Gasteiger partial charge is 0.251 e. The number of carbonyl (C=O) groups is 2. The van der Waals surface area contributed by atoms with E-state index in [1.165, 1.54) is 6.07 Å². The summed E-state index contributed by atoms with van der Waals surface area (Å²) in [6.45, 7) is 3.44. The third-order valence-corrected chi connectivity index (χ3v) is 3.27. The highest BCUT2D eigenvalue weighted by Crippen LogP contribution is 2.28. The molecular formula is C14H19ClN4O2. The number of halogens is 1. The first-order valence-corrected chi connectivity index (χ1v) is 7.45. The van der Waals surface area contributed by atoms with Crippen molar-refractivity contribution in [3.63, 3.8) is 0 Å². The molecule has 114 valence electrons.